The lowest BCUT2D eigenvalue weighted by molar-refractivity contribution is 0.574. The molecule has 1 aromatic carbocycles. The number of hydrogen-bond acceptors (Lipinski definition) is 3. The van der Waals surface area contributed by atoms with E-state index in [9.17, 15) is 13.2 Å². The van der Waals surface area contributed by atoms with E-state index < -0.39 is 17.5 Å². The van der Waals surface area contributed by atoms with Crippen molar-refractivity contribution >= 4 is 11.6 Å². The number of nitrogens with one attached hydrogen (secondary N) is 1. The second-order valence-electron chi connectivity index (χ2n) is 4.17. The molecule has 20 heavy (non-hydrogen) atoms. The number of halogens is 3. The van der Waals surface area contributed by atoms with Gasteiger partial charge in [0.05, 0.1) is 6.20 Å². The number of pyridine rings is 1. The predicted molar refractivity (Wildman–Crippen MR) is 66.6 cm³/mol. The van der Waals surface area contributed by atoms with Gasteiger partial charge in [-0.1, -0.05) is 6.07 Å². The van der Waals surface area contributed by atoms with Gasteiger partial charge >= 0.3 is 0 Å². The monoisotopic (exact) mass is 278 g/mol. The molecule has 4 nitrogen and oxygen atoms in total. The molecule has 102 valence electrons. The van der Waals surface area contributed by atoms with Crippen molar-refractivity contribution in [1.29, 1.82) is 0 Å². The van der Waals surface area contributed by atoms with E-state index in [1.807, 2.05) is 0 Å². The second-order valence-corrected chi connectivity index (χ2v) is 4.17. The lowest BCUT2D eigenvalue weighted by atomic mass is 10.2. The number of nitrogens with zero attached hydrogens (tertiary/aromatic N) is 3. The number of anilines is 1. The van der Waals surface area contributed by atoms with E-state index in [0.717, 1.165) is 6.07 Å². The van der Waals surface area contributed by atoms with Gasteiger partial charge in [-0.25, -0.2) is 17.7 Å². The first-order valence-electron chi connectivity index (χ1n) is 5.81. The fourth-order valence-electron chi connectivity index (χ4n) is 1.77. The maximum absolute atomic E-state index is 13.4. The number of hydrogen-bond donors (Lipinski definition) is 1. The third-order valence-electron chi connectivity index (χ3n) is 2.75. The van der Waals surface area contributed by atoms with E-state index in [1.165, 1.54) is 35.0 Å². The summed E-state index contributed by atoms with van der Waals surface area (Å²) in [7, 11) is 0. The van der Waals surface area contributed by atoms with Crippen molar-refractivity contribution in [2.45, 2.75) is 6.54 Å². The smallest absolute Gasteiger partial charge is 0.243 e. The number of aromatic nitrogens is 3. The van der Waals surface area contributed by atoms with Crippen LogP contribution in [0.5, 0.6) is 0 Å². The summed E-state index contributed by atoms with van der Waals surface area (Å²) in [5.41, 5.74) is 0.755. The zero-order valence-corrected chi connectivity index (χ0v) is 10.1. The van der Waals surface area contributed by atoms with Gasteiger partial charge in [0, 0.05) is 18.2 Å². The van der Waals surface area contributed by atoms with Gasteiger partial charge in [-0.15, -0.1) is 5.10 Å². The SMILES string of the molecule is Fc1ccc(CNc2nc3ccc(F)cn3n2)c(F)c1. The number of rotatable bonds is 3. The molecule has 0 radical (unpaired) electrons. The topological polar surface area (TPSA) is 42.2 Å². The van der Waals surface area contributed by atoms with Gasteiger partial charge in [0.1, 0.15) is 17.5 Å². The molecule has 0 aliphatic heterocycles. The van der Waals surface area contributed by atoms with Crippen LogP contribution >= 0.6 is 0 Å². The van der Waals surface area contributed by atoms with E-state index in [1.54, 1.807) is 0 Å². The molecule has 0 bridgehead atoms. The molecule has 7 heteroatoms. The Morgan fingerprint density at radius 3 is 2.65 bits per heavy atom. The zero-order valence-electron chi connectivity index (χ0n) is 10.1. The molecule has 0 saturated carbocycles. The first-order chi connectivity index (χ1) is 9.61. The number of benzene rings is 1. The van der Waals surface area contributed by atoms with Crippen molar-refractivity contribution < 1.29 is 13.2 Å². The van der Waals surface area contributed by atoms with Crippen molar-refractivity contribution in [3.05, 3.63) is 59.5 Å². The van der Waals surface area contributed by atoms with Crippen molar-refractivity contribution in [1.82, 2.24) is 14.6 Å². The molecule has 0 aliphatic rings. The molecule has 2 heterocycles. The minimum absolute atomic E-state index is 0.103. The summed E-state index contributed by atoms with van der Waals surface area (Å²) in [5.74, 6) is -1.47. The van der Waals surface area contributed by atoms with E-state index >= 15 is 0 Å². The summed E-state index contributed by atoms with van der Waals surface area (Å²) >= 11 is 0. The first-order valence-corrected chi connectivity index (χ1v) is 5.81. The minimum atomic E-state index is -0.646. The maximum Gasteiger partial charge on any atom is 0.243 e. The van der Waals surface area contributed by atoms with Gasteiger partial charge in [-0.05, 0) is 18.2 Å². The van der Waals surface area contributed by atoms with E-state index in [-0.39, 0.29) is 18.1 Å². The maximum atomic E-state index is 13.4. The molecule has 2 aromatic heterocycles. The van der Waals surface area contributed by atoms with Crippen LogP contribution in [-0.2, 0) is 6.54 Å². The molecule has 1 N–H and O–H groups in total. The van der Waals surface area contributed by atoms with Crippen LogP contribution in [0, 0.1) is 17.5 Å². The van der Waals surface area contributed by atoms with Crippen LogP contribution in [0.4, 0.5) is 19.1 Å². The van der Waals surface area contributed by atoms with Gasteiger partial charge in [0.15, 0.2) is 5.65 Å². The summed E-state index contributed by atoms with van der Waals surface area (Å²) < 4.78 is 40.5. The molecule has 3 aromatic rings. The van der Waals surface area contributed by atoms with Crippen LogP contribution in [-0.4, -0.2) is 14.6 Å². The highest BCUT2D eigenvalue weighted by Gasteiger charge is 2.07. The van der Waals surface area contributed by atoms with Crippen molar-refractivity contribution in [2.75, 3.05) is 5.32 Å². The summed E-state index contributed by atoms with van der Waals surface area (Å²) in [6, 6.07) is 6.07. The number of fused-ring (bicyclic) bond motifs is 1. The van der Waals surface area contributed by atoms with Gasteiger partial charge in [0.25, 0.3) is 0 Å². The Kier molecular flexibility index (Phi) is 3.02. The molecule has 0 amide bonds. The Morgan fingerprint density at radius 1 is 1.05 bits per heavy atom. The average Bonchev–Trinajstić information content (AvgIpc) is 2.79. The zero-order chi connectivity index (χ0) is 14.1. The molecule has 0 unspecified atom stereocenters. The Bertz CT molecular complexity index is 769. The largest absolute Gasteiger partial charge is 0.349 e. The molecular formula is C13H9F3N4. The van der Waals surface area contributed by atoms with Crippen molar-refractivity contribution in [2.24, 2.45) is 0 Å². The molecule has 0 fully saturated rings. The second kappa shape index (κ2) is 4.84. The molecule has 0 saturated heterocycles. The first kappa shape index (κ1) is 12.5. The van der Waals surface area contributed by atoms with E-state index in [4.69, 9.17) is 0 Å². The van der Waals surface area contributed by atoms with Gasteiger partial charge in [-0.3, -0.25) is 0 Å². The third-order valence-corrected chi connectivity index (χ3v) is 2.75. The molecule has 0 aliphatic carbocycles. The highest BCUT2D eigenvalue weighted by atomic mass is 19.1. The molecule has 0 spiro atoms. The third kappa shape index (κ3) is 2.42. The van der Waals surface area contributed by atoms with E-state index in [2.05, 4.69) is 15.4 Å². The summed E-state index contributed by atoms with van der Waals surface area (Å²) in [6.07, 6.45) is 1.19. The minimum Gasteiger partial charge on any atom is -0.349 e. The standard InChI is InChI=1S/C13H9F3N4/c14-9-2-1-8(11(16)5-9)6-17-13-18-12-4-3-10(15)7-20(12)19-13/h1-5,7H,6H2,(H,17,19). The van der Waals surface area contributed by atoms with Crippen LogP contribution in [0.25, 0.3) is 5.65 Å². The highest BCUT2D eigenvalue weighted by Crippen LogP contribution is 2.12. The van der Waals surface area contributed by atoms with Gasteiger partial charge in [0.2, 0.25) is 5.95 Å². The fraction of sp³-hybridized carbons (Fsp3) is 0.0769. The van der Waals surface area contributed by atoms with Crippen LogP contribution < -0.4 is 5.32 Å². The molecular weight excluding hydrogens is 269 g/mol. The summed E-state index contributed by atoms with van der Waals surface area (Å²) in [4.78, 5) is 4.09. The highest BCUT2D eigenvalue weighted by molar-refractivity contribution is 5.43. The fourth-order valence-corrected chi connectivity index (χ4v) is 1.77. The normalized spacial score (nSPS) is 10.9. The predicted octanol–water partition coefficient (Wildman–Crippen LogP) is 2.76. The van der Waals surface area contributed by atoms with Crippen LogP contribution in [0.15, 0.2) is 36.5 Å². The Balaban J connectivity index is 1.79. The average molecular weight is 278 g/mol. The van der Waals surface area contributed by atoms with Crippen molar-refractivity contribution in [3.8, 4) is 0 Å². The molecule has 3 rings (SSSR count). The van der Waals surface area contributed by atoms with Gasteiger partial charge < -0.3 is 5.32 Å². The lowest BCUT2D eigenvalue weighted by Crippen LogP contribution is -2.03. The Labute approximate surface area is 111 Å². The Hall–Kier alpha value is -2.57. The summed E-state index contributed by atoms with van der Waals surface area (Å²) in [5, 5.41) is 6.80. The van der Waals surface area contributed by atoms with Crippen LogP contribution in [0.3, 0.4) is 0 Å². The van der Waals surface area contributed by atoms with Crippen LogP contribution in [0.1, 0.15) is 5.56 Å². The quantitative estimate of drug-likeness (QED) is 0.801. The van der Waals surface area contributed by atoms with Gasteiger partial charge in [-0.2, -0.15) is 4.98 Å². The summed E-state index contributed by atoms with van der Waals surface area (Å²) in [6.45, 7) is 0.103. The lowest BCUT2D eigenvalue weighted by Gasteiger charge is -2.03. The van der Waals surface area contributed by atoms with Crippen molar-refractivity contribution in [3.63, 3.8) is 0 Å². The van der Waals surface area contributed by atoms with Crippen LogP contribution in [0.2, 0.25) is 0 Å². The molecule has 0 atom stereocenters. The van der Waals surface area contributed by atoms with E-state index in [0.29, 0.717) is 5.65 Å². The Morgan fingerprint density at radius 2 is 1.85 bits per heavy atom.